The van der Waals surface area contributed by atoms with Crippen molar-refractivity contribution in [3.05, 3.63) is 85.9 Å². The van der Waals surface area contributed by atoms with E-state index in [2.05, 4.69) is 22.6 Å². The summed E-state index contributed by atoms with van der Waals surface area (Å²) in [7, 11) is -1.68. The molecule has 0 aromatic heterocycles. The molecule has 5 rings (SSSR count). The summed E-state index contributed by atoms with van der Waals surface area (Å²) < 4.78 is 26.7. The number of allylic oxidation sites excluding steroid dienone is 4. The van der Waals surface area contributed by atoms with E-state index in [0.29, 0.717) is 47.7 Å². The molecular weight excluding hydrogens is 593 g/mol. The van der Waals surface area contributed by atoms with Gasteiger partial charge in [0.15, 0.2) is 9.84 Å². The zero-order chi connectivity index (χ0) is 30.2. The number of amides is 2. The number of hydrogen-bond acceptors (Lipinski definition) is 5. The van der Waals surface area contributed by atoms with Crippen LogP contribution in [-0.4, -0.2) is 51.8 Å². The summed E-state index contributed by atoms with van der Waals surface area (Å²) in [5, 5.41) is 6.52. The summed E-state index contributed by atoms with van der Waals surface area (Å²) in [6.07, 6.45) is 4.93. The Morgan fingerprint density at radius 2 is 1.81 bits per heavy atom. The van der Waals surface area contributed by atoms with E-state index in [1.54, 1.807) is 24.3 Å². The third kappa shape index (κ3) is 6.52. The van der Waals surface area contributed by atoms with Crippen LogP contribution in [0.1, 0.15) is 50.7 Å². The van der Waals surface area contributed by atoms with Gasteiger partial charge in [0.2, 0.25) is 5.91 Å². The summed E-state index contributed by atoms with van der Waals surface area (Å²) in [6, 6.07) is 9.49. The van der Waals surface area contributed by atoms with E-state index in [4.69, 9.17) is 23.2 Å². The van der Waals surface area contributed by atoms with Crippen LogP contribution in [0.3, 0.4) is 0 Å². The number of rotatable bonds is 8. The van der Waals surface area contributed by atoms with Crippen LogP contribution < -0.4 is 10.6 Å². The normalized spacial score (nSPS) is 19.1. The Labute approximate surface area is 257 Å². The van der Waals surface area contributed by atoms with Crippen molar-refractivity contribution in [2.75, 3.05) is 32.0 Å². The summed E-state index contributed by atoms with van der Waals surface area (Å²) in [4.78, 5) is 28.2. The molecule has 1 aliphatic carbocycles. The molecule has 2 aromatic carbocycles. The van der Waals surface area contributed by atoms with Crippen LogP contribution in [-0.2, 0) is 25.2 Å². The molecule has 0 unspecified atom stereocenters. The maximum Gasteiger partial charge on any atom is 0.256 e. The van der Waals surface area contributed by atoms with E-state index in [1.807, 2.05) is 19.9 Å². The van der Waals surface area contributed by atoms with E-state index in [-0.39, 0.29) is 32.5 Å². The predicted octanol–water partition coefficient (Wildman–Crippen LogP) is 6.19. The molecule has 2 N–H and O–H groups in total. The zero-order valence-electron chi connectivity index (χ0n) is 24.0. The monoisotopic (exact) mass is 627 g/mol. The minimum absolute atomic E-state index is 0.00829. The second-order valence-corrected chi connectivity index (χ2v) is 14.3. The second-order valence-electron chi connectivity index (χ2n) is 11.5. The number of carbonyl (C=O) groups excluding carboxylic acids is 2. The summed E-state index contributed by atoms with van der Waals surface area (Å²) >= 11 is 12.5. The van der Waals surface area contributed by atoms with Gasteiger partial charge in [-0.2, -0.15) is 0 Å². The number of carbonyl (C=O) groups is 2. The van der Waals surface area contributed by atoms with Gasteiger partial charge >= 0.3 is 0 Å². The number of nitrogens with one attached hydrogen (secondary N) is 2. The highest BCUT2D eigenvalue weighted by Gasteiger charge is 2.29. The molecule has 0 bridgehead atoms. The van der Waals surface area contributed by atoms with Crippen molar-refractivity contribution in [3.8, 4) is 0 Å². The molecule has 7 nitrogen and oxygen atoms in total. The number of anilines is 1. The topological polar surface area (TPSA) is 95.6 Å². The van der Waals surface area contributed by atoms with Gasteiger partial charge in [0.25, 0.3) is 5.91 Å². The first-order valence-corrected chi connectivity index (χ1v) is 16.5. The number of hydrogen-bond donors (Lipinski definition) is 2. The van der Waals surface area contributed by atoms with Crippen molar-refractivity contribution in [2.24, 2.45) is 5.92 Å². The number of piperidine rings is 1. The Balaban J connectivity index is 1.34. The van der Waals surface area contributed by atoms with Gasteiger partial charge in [0.05, 0.1) is 17.1 Å². The second kappa shape index (κ2) is 12.4. The van der Waals surface area contributed by atoms with Gasteiger partial charge in [-0.3, -0.25) is 9.59 Å². The van der Waals surface area contributed by atoms with E-state index >= 15 is 0 Å². The first-order chi connectivity index (χ1) is 19.9. The highest BCUT2D eigenvalue weighted by Crippen LogP contribution is 2.40. The molecule has 10 heteroatoms. The van der Waals surface area contributed by atoms with Crippen LogP contribution in [0.4, 0.5) is 5.69 Å². The minimum Gasteiger partial charge on any atom is -0.356 e. The molecule has 0 radical (unpaired) electrons. The number of sulfone groups is 1. The Bertz CT molecular complexity index is 1630. The smallest absolute Gasteiger partial charge is 0.256 e. The number of likely N-dealkylation sites (tertiary alicyclic amines) is 1. The van der Waals surface area contributed by atoms with Crippen molar-refractivity contribution in [1.29, 1.82) is 0 Å². The van der Waals surface area contributed by atoms with Gasteiger partial charge in [0.1, 0.15) is 0 Å². The van der Waals surface area contributed by atoms with Gasteiger partial charge < -0.3 is 15.5 Å². The lowest BCUT2D eigenvalue weighted by Crippen LogP contribution is -2.36. The standard InChI is InChI=1S/C32H35Cl2N3O4S/c1-19-13-22(20(2)24(19)16-31(38)35-17-21-9-11-37(3)12-10-21)14-26-25-15-23(7-8-30(25)36-32(26)39)42(40,41)18-27-28(33)5-4-6-29(27)34/h4-8,14-15,21H,9-13,16-18H2,1-3H3,(H,35,38)(H,36,39)/b26-14-. The zero-order valence-corrected chi connectivity index (χ0v) is 26.3. The fourth-order valence-corrected chi connectivity index (χ4v) is 7.97. The maximum absolute atomic E-state index is 13.3. The van der Waals surface area contributed by atoms with Crippen molar-refractivity contribution < 1.29 is 18.0 Å². The number of nitrogens with zero attached hydrogens (tertiary/aromatic N) is 1. The van der Waals surface area contributed by atoms with Gasteiger partial charge in [-0.25, -0.2) is 8.42 Å². The summed E-state index contributed by atoms with van der Waals surface area (Å²) in [5.41, 5.74) is 5.82. The number of benzene rings is 2. The molecule has 0 saturated carbocycles. The van der Waals surface area contributed by atoms with Gasteiger partial charge in [-0.1, -0.05) is 34.8 Å². The SMILES string of the molecule is CC1=C(CC(=O)NCC2CCN(C)CC2)C(C)=C(/C=C2\C(=O)Nc3ccc(S(=O)(=O)Cc4c(Cl)cccc4Cl)cc32)C1. The third-order valence-electron chi connectivity index (χ3n) is 8.52. The fourth-order valence-electron chi connectivity index (χ4n) is 5.85. The van der Waals surface area contributed by atoms with E-state index in [9.17, 15) is 18.0 Å². The number of halogens is 2. The van der Waals surface area contributed by atoms with Gasteiger partial charge in [-0.05, 0) is 112 Å². The highest BCUT2D eigenvalue weighted by molar-refractivity contribution is 7.90. The third-order valence-corrected chi connectivity index (χ3v) is 10.9. The molecule has 2 amide bonds. The van der Waals surface area contributed by atoms with Crippen LogP contribution in [0.2, 0.25) is 10.0 Å². The average molecular weight is 629 g/mol. The van der Waals surface area contributed by atoms with Crippen LogP contribution in [0.15, 0.2) is 69.7 Å². The first-order valence-electron chi connectivity index (χ1n) is 14.1. The lowest BCUT2D eigenvalue weighted by atomic mass is 9.97. The summed E-state index contributed by atoms with van der Waals surface area (Å²) in [6.45, 7) is 6.81. The fraction of sp³-hybridized carbons (Fsp3) is 0.375. The van der Waals surface area contributed by atoms with E-state index in [1.165, 1.54) is 12.1 Å². The van der Waals surface area contributed by atoms with Crippen LogP contribution >= 0.6 is 23.2 Å². The lowest BCUT2D eigenvalue weighted by molar-refractivity contribution is -0.120. The van der Waals surface area contributed by atoms with Crippen molar-refractivity contribution >= 4 is 56.1 Å². The average Bonchev–Trinajstić information content (AvgIpc) is 3.40. The Kier molecular flexibility index (Phi) is 8.99. The Morgan fingerprint density at radius 3 is 2.50 bits per heavy atom. The molecule has 0 spiro atoms. The predicted molar refractivity (Wildman–Crippen MR) is 168 cm³/mol. The molecular formula is C32H35Cl2N3O4S. The van der Waals surface area contributed by atoms with Gasteiger partial charge in [-0.15, -0.1) is 0 Å². The van der Waals surface area contributed by atoms with Crippen LogP contribution in [0.25, 0.3) is 5.57 Å². The molecule has 2 aliphatic heterocycles. The molecule has 1 fully saturated rings. The quantitative estimate of drug-likeness (QED) is 0.340. The van der Waals surface area contributed by atoms with Gasteiger partial charge in [0, 0.05) is 39.0 Å². The number of fused-ring (bicyclic) bond motifs is 1. The lowest BCUT2D eigenvalue weighted by Gasteiger charge is -2.29. The van der Waals surface area contributed by atoms with Crippen molar-refractivity contribution in [3.63, 3.8) is 0 Å². The molecule has 2 aromatic rings. The molecule has 1 saturated heterocycles. The molecule has 0 atom stereocenters. The first kappa shape index (κ1) is 30.5. The van der Waals surface area contributed by atoms with E-state index < -0.39 is 9.84 Å². The summed E-state index contributed by atoms with van der Waals surface area (Å²) in [5.74, 6) is -0.136. The van der Waals surface area contributed by atoms with Crippen LogP contribution in [0, 0.1) is 5.92 Å². The molecule has 3 aliphatic rings. The molecule has 42 heavy (non-hydrogen) atoms. The minimum atomic E-state index is -3.81. The highest BCUT2D eigenvalue weighted by atomic mass is 35.5. The Morgan fingerprint density at radius 1 is 1.12 bits per heavy atom. The van der Waals surface area contributed by atoms with Crippen molar-refractivity contribution in [1.82, 2.24) is 10.2 Å². The molecule has 2 heterocycles. The molecule has 222 valence electrons. The van der Waals surface area contributed by atoms with E-state index in [0.717, 1.165) is 48.2 Å². The maximum atomic E-state index is 13.3. The van der Waals surface area contributed by atoms with Crippen LogP contribution in [0.5, 0.6) is 0 Å². The van der Waals surface area contributed by atoms with Crippen molar-refractivity contribution in [2.45, 2.75) is 50.2 Å². The Hall–Kier alpha value is -2.91. The largest absolute Gasteiger partial charge is 0.356 e.